The number of aryl methyl sites for hydroxylation is 3. The van der Waals surface area contributed by atoms with E-state index in [0.717, 1.165) is 28.2 Å². The number of carbonyl (C=O) groups excluding carboxylic acids is 1. The first-order valence-corrected chi connectivity index (χ1v) is 10.2. The van der Waals surface area contributed by atoms with Crippen LogP contribution < -0.4 is 4.90 Å². The molecule has 0 heterocycles. The largest absolute Gasteiger partial charge is 0.462 e. The lowest BCUT2D eigenvalue weighted by molar-refractivity contribution is -0.138. The van der Waals surface area contributed by atoms with Crippen molar-refractivity contribution < 1.29 is 9.53 Å². The van der Waals surface area contributed by atoms with Gasteiger partial charge in [0.2, 0.25) is 0 Å². The third-order valence-corrected chi connectivity index (χ3v) is 4.94. The Morgan fingerprint density at radius 2 is 1.33 bits per heavy atom. The molecule has 3 nitrogen and oxygen atoms in total. The lowest BCUT2D eigenvalue weighted by atomic mass is 10.1. The summed E-state index contributed by atoms with van der Waals surface area (Å²) >= 11 is 0. The number of hydrogen-bond donors (Lipinski definition) is 0. The third-order valence-electron chi connectivity index (χ3n) is 4.94. The highest BCUT2D eigenvalue weighted by atomic mass is 16.5. The lowest BCUT2D eigenvalue weighted by Gasteiger charge is -2.26. The van der Waals surface area contributed by atoms with Crippen LogP contribution in [0.5, 0.6) is 0 Å². The van der Waals surface area contributed by atoms with Gasteiger partial charge in [-0.05, 0) is 75.2 Å². The van der Waals surface area contributed by atoms with E-state index >= 15 is 0 Å². The van der Waals surface area contributed by atoms with Gasteiger partial charge in [-0.25, -0.2) is 4.79 Å². The van der Waals surface area contributed by atoms with Crippen molar-refractivity contribution in [3.8, 4) is 0 Å². The standard InChI is InChI=1S/C27H29NO2/c1-19(2)27(29)30-15-14-23-16-22(5)17-26(18-23)28(24-10-6-20(3)7-11-24)25-12-8-21(4)9-13-25/h6-13,16-18H,1,14-15H2,2-5H3. The second-order valence-electron chi connectivity index (χ2n) is 7.85. The van der Waals surface area contributed by atoms with Gasteiger partial charge in [0.25, 0.3) is 0 Å². The number of benzene rings is 3. The lowest BCUT2D eigenvalue weighted by Crippen LogP contribution is -2.12. The molecule has 0 aliphatic rings. The van der Waals surface area contributed by atoms with Gasteiger partial charge in [-0.15, -0.1) is 0 Å². The Morgan fingerprint density at radius 1 is 0.800 bits per heavy atom. The van der Waals surface area contributed by atoms with Crippen molar-refractivity contribution >= 4 is 23.0 Å². The van der Waals surface area contributed by atoms with Crippen LogP contribution in [0.15, 0.2) is 78.9 Å². The molecule has 0 radical (unpaired) electrons. The molecule has 3 rings (SSSR count). The summed E-state index contributed by atoms with van der Waals surface area (Å²) < 4.78 is 5.29. The molecule has 0 unspecified atom stereocenters. The Hall–Kier alpha value is -3.33. The van der Waals surface area contributed by atoms with Gasteiger partial charge in [0, 0.05) is 29.1 Å². The monoisotopic (exact) mass is 399 g/mol. The first-order valence-electron chi connectivity index (χ1n) is 10.2. The van der Waals surface area contributed by atoms with E-state index in [2.05, 4.69) is 99.0 Å². The van der Waals surface area contributed by atoms with Gasteiger partial charge < -0.3 is 9.64 Å². The van der Waals surface area contributed by atoms with E-state index in [-0.39, 0.29) is 5.97 Å². The molecule has 0 saturated carbocycles. The van der Waals surface area contributed by atoms with Crippen LogP contribution in [0.3, 0.4) is 0 Å². The van der Waals surface area contributed by atoms with E-state index in [1.165, 1.54) is 11.1 Å². The molecule has 30 heavy (non-hydrogen) atoms. The van der Waals surface area contributed by atoms with Crippen LogP contribution in [0.4, 0.5) is 17.1 Å². The van der Waals surface area contributed by atoms with Gasteiger partial charge in [-0.1, -0.05) is 48.0 Å². The molecule has 3 aromatic carbocycles. The van der Waals surface area contributed by atoms with Gasteiger partial charge in [-0.3, -0.25) is 0 Å². The van der Waals surface area contributed by atoms with Gasteiger partial charge in [-0.2, -0.15) is 0 Å². The normalized spacial score (nSPS) is 10.5. The second kappa shape index (κ2) is 9.45. The van der Waals surface area contributed by atoms with Crippen molar-refractivity contribution in [2.75, 3.05) is 11.5 Å². The van der Waals surface area contributed by atoms with Crippen molar-refractivity contribution in [2.24, 2.45) is 0 Å². The predicted octanol–water partition coefficient (Wildman–Crippen LogP) is 6.74. The van der Waals surface area contributed by atoms with Gasteiger partial charge in [0.15, 0.2) is 0 Å². The number of ether oxygens (including phenoxy) is 1. The van der Waals surface area contributed by atoms with E-state index in [4.69, 9.17) is 4.74 Å². The summed E-state index contributed by atoms with van der Waals surface area (Å²) in [5.74, 6) is -0.344. The molecule has 3 aromatic rings. The molecule has 154 valence electrons. The Labute approximate surface area is 179 Å². The van der Waals surface area contributed by atoms with Gasteiger partial charge >= 0.3 is 5.97 Å². The molecule has 0 atom stereocenters. The molecule has 3 heteroatoms. The molecule has 0 aliphatic heterocycles. The first kappa shape index (κ1) is 21.4. The Bertz CT molecular complexity index is 988. The zero-order valence-electron chi connectivity index (χ0n) is 18.2. The highest BCUT2D eigenvalue weighted by Gasteiger charge is 2.14. The van der Waals surface area contributed by atoms with Crippen LogP contribution in [0.2, 0.25) is 0 Å². The van der Waals surface area contributed by atoms with E-state index in [9.17, 15) is 4.79 Å². The zero-order valence-corrected chi connectivity index (χ0v) is 18.2. The van der Waals surface area contributed by atoms with Crippen molar-refractivity contribution in [2.45, 2.75) is 34.1 Å². The molecular weight excluding hydrogens is 370 g/mol. The number of carbonyl (C=O) groups is 1. The number of hydrogen-bond acceptors (Lipinski definition) is 3. The average molecular weight is 400 g/mol. The van der Waals surface area contributed by atoms with E-state index in [1.807, 2.05) is 0 Å². The van der Waals surface area contributed by atoms with Crippen LogP contribution in [0, 0.1) is 20.8 Å². The van der Waals surface area contributed by atoms with Crippen molar-refractivity contribution in [3.63, 3.8) is 0 Å². The summed E-state index contributed by atoms with van der Waals surface area (Å²) in [6.07, 6.45) is 0.656. The highest BCUT2D eigenvalue weighted by molar-refractivity contribution is 5.86. The summed E-state index contributed by atoms with van der Waals surface area (Å²) in [5, 5.41) is 0. The highest BCUT2D eigenvalue weighted by Crippen LogP contribution is 2.35. The maximum absolute atomic E-state index is 11.7. The summed E-state index contributed by atoms with van der Waals surface area (Å²) in [6.45, 7) is 11.9. The first-order chi connectivity index (χ1) is 14.3. The van der Waals surface area contributed by atoms with Crippen molar-refractivity contribution in [3.05, 3.63) is 101 Å². The number of rotatable bonds is 7. The zero-order chi connectivity index (χ0) is 21.7. The van der Waals surface area contributed by atoms with Crippen molar-refractivity contribution in [1.82, 2.24) is 0 Å². The summed E-state index contributed by atoms with van der Waals surface area (Å²) in [4.78, 5) is 13.9. The Balaban J connectivity index is 1.95. The number of nitrogens with zero attached hydrogens (tertiary/aromatic N) is 1. The molecule has 0 spiro atoms. The maximum atomic E-state index is 11.7. The topological polar surface area (TPSA) is 29.5 Å². The molecule has 0 saturated heterocycles. The quantitative estimate of drug-likeness (QED) is 0.325. The molecule has 0 N–H and O–H groups in total. The van der Waals surface area contributed by atoms with Gasteiger partial charge in [0.05, 0.1) is 6.61 Å². The molecule has 0 aromatic heterocycles. The fourth-order valence-corrected chi connectivity index (χ4v) is 3.33. The maximum Gasteiger partial charge on any atom is 0.333 e. The van der Waals surface area contributed by atoms with Crippen LogP contribution in [-0.2, 0) is 16.0 Å². The van der Waals surface area contributed by atoms with E-state index in [0.29, 0.717) is 18.6 Å². The minimum absolute atomic E-state index is 0.337. The molecule has 0 fully saturated rings. The van der Waals surface area contributed by atoms with Gasteiger partial charge in [0.1, 0.15) is 0 Å². The van der Waals surface area contributed by atoms with Crippen molar-refractivity contribution in [1.29, 1.82) is 0 Å². The Kier molecular flexibility index (Phi) is 6.73. The van der Waals surface area contributed by atoms with E-state index < -0.39 is 0 Å². The number of esters is 1. The smallest absolute Gasteiger partial charge is 0.333 e. The average Bonchev–Trinajstić information content (AvgIpc) is 2.70. The Morgan fingerprint density at radius 3 is 1.83 bits per heavy atom. The minimum atomic E-state index is -0.344. The molecule has 0 amide bonds. The van der Waals surface area contributed by atoms with Crippen LogP contribution >= 0.6 is 0 Å². The molecular formula is C27H29NO2. The summed E-state index contributed by atoms with van der Waals surface area (Å²) in [6, 6.07) is 23.6. The molecule has 0 bridgehead atoms. The van der Waals surface area contributed by atoms with Crippen LogP contribution in [-0.4, -0.2) is 12.6 Å². The fourth-order valence-electron chi connectivity index (χ4n) is 3.33. The third kappa shape index (κ3) is 5.38. The van der Waals surface area contributed by atoms with Crippen LogP contribution in [0.1, 0.15) is 29.2 Å². The predicted molar refractivity (Wildman–Crippen MR) is 125 cm³/mol. The number of anilines is 3. The minimum Gasteiger partial charge on any atom is -0.462 e. The fraction of sp³-hybridized carbons (Fsp3) is 0.222. The molecule has 0 aliphatic carbocycles. The van der Waals surface area contributed by atoms with E-state index in [1.54, 1.807) is 6.92 Å². The second-order valence-corrected chi connectivity index (χ2v) is 7.85. The SMILES string of the molecule is C=C(C)C(=O)OCCc1cc(C)cc(N(c2ccc(C)cc2)c2ccc(C)cc2)c1. The summed E-state index contributed by atoms with van der Waals surface area (Å²) in [5.41, 5.74) is 8.47. The summed E-state index contributed by atoms with van der Waals surface area (Å²) in [7, 11) is 0. The van der Waals surface area contributed by atoms with Crippen LogP contribution in [0.25, 0.3) is 0 Å².